The topological polar surface area (TPSA) is 44.8 Å². The molecule has 3 saturated carbocycles. The molecule has 4 heteroatoms. The molecule has 4 rings (SSSR count). The highest BCUT2D eigenvalue weighted by atomic mass is 16.7. The lowest BCUT2D eigenvalue weighted by molar-refractivity contribution is -0.164. The highest BCUT2D eigenvalue weighted by Gasteiger charge is 2.52. The smallest absolute Gasteiger partial charge is 0.311 e. The Morgan fingerprint density at radius 1 is 1.00 bits per heavy atom. The van der Waals surface area contributed by atoms with E-state index in [1.54, 1.807) is 0 Å². The molecule has 4 aliphatic rings. The fraction of sp³-hybridized carbons (Fsp3) is 0.941. The molecule has 4 fully saturated rings. The van der Waals surface area contributed by atoms with E-state index >= 15 is 0 Å². The van der Waals surface area contributed by atoms with Gasteiger partial charge >= 0.3 is 5.97 Å². The van der Waals surface area contributed by atoms with Gasteiger partial charge in [-0.25, -0.2) is 0 Å². The van der Waals surface area contributed by atoms with Crippen LogP contribution < -0.4 is 0 Å². The van der Waals surface area contributed by atoms with E-state index in [1.807, 2.05) is 0 Å². The van der Waals surface area contributed by atoms with Crippen LogP contribution in [-0.4, -0.2) is 32.1 Å². The van der Waals surface area contributed by atoms with Crippen molar-refractivity contribution < 1.29 is 19.0 Å². The number of hydrogen-bond donors (Lipinski definition) is 0. The Kier molecular flexibility index (Phi) is 4.04. The van der Waals surface area contributed by atoms with Gasteiger partial charge in [0.1, 0.15) is 0 Å². The third kappa shape index (κ3) is 2.85. The van der Waals surface area contributed by atoms with Crippen molar-refractivity contribution in [3.05, 3.63) is 0 Å². The van der Waals surface area contributed by atoms with Gasteiger partial charge < -0.3 is 14.2 Å². The molecule has 1 aliphatic heterocycles. The minimum absolute atomic E-state index is 0.0241. The quantitative estimate of drug-likeness (QED) is 0.729. The number of carbonyl (C=O) groups is 1. The van der Waals surface area contributed by atoms with E-state index in [0.717, 1.165) is 45.3 Å². The van der Waals surface area contributed by atoms with Crippen LogP contribution in [-0.2, 0) is 19.0 Å². The molecular formula is C17H28O4. The molecule has 0 aromatic carbocycles. The van der Waals surface area contributed by atoms with E-state index in [9.17, 15) is 4.79 Å². The van der Waals surface area contributed by atoms with Gasteiger partial charge in [-0.05, 0) is 63.7 Å². The lowest BCUT2D eigenvalue weighted by atomic mass is 9.52. The monoisotopic (exact) mass is 296 g/mol. The van der Waals surface area contributed by atoms with Gasteiger partial charge in [-0.3, -0.25) is 4.79 Å². The van der Waals surface area contributed by atoms with E-state index < -0.39 is 0 Å². The summed E-state index contributed by atoms with van der Waals surface area (Å²) in [6.07, 6.45) is 9.98. The maximum Gasteiger partial charge on any atom is 0.311 e. The van der Waals surface area contributed by atoms with Gasteiger partial charge in [-0.15, -0.1) is 0 Å². The number of methoxy groups -OCH3 is 1. The normalized spacial score (nSPS) is 37.6. The molecule has 0 spiro atoms. The van der Waals surface area contributed by atoms with Crippen LogP contribution in [0.3, 0.4) is 0 Å². The lowest BCUT2D eigenvalue weighted by Crippen LogP contribution is -2.46. The summed E-state index contributed by atoms with van der Waals surface area (Å²) in [4.78, 5) is 12.0. The number of ether oxygens (including phenoxy) is 3. The molecule has 120 valence electrons. The molecule has 3 aliphatic carbocycles. The fourth-order valence-corrected chi connectivity index (χ4v) is 4.65. The Morgan fingerprint density at radius 3 is 2.10 bits per heavy atom. The fourth-order valence-electron chi connectivity index (χ4n) is 4.65. The second-order valence-corrected chi connectivity index (χ2v) is 7.46. The number of fused-ring (bicyclic) bond motifs is 3. The molecule has 0 aromatic rings. The van der Waals surface area contributed by atoms with E-state index in [2.05, 4.69) is 6.92 Å². The Bertz CT molecular complexity index is 373. The predicted octanol–water partition coefficient (Wildman–Crippen LogP) is 3.43. The van der Waals surface area contributed by atoms with Gasteiger partial charge in [-0.2, -0.15) is 0 Å². The highest BCUT2D eigenvalue weighted by molar-refractivity contribution is 5.77. The van der Waals surface area contributed by atoms with Gasteiger partial charge in [0.25, 0.3) is 0 Å². The van der Waals surface area contributed by atoms with Crippen molar-refractivity contribution in [2.75, 3.05) is 20.3 Å². The number of carbonyl (C=O) groups excluding carboxylic acids is 1. The van der Waals surface area contributed by atoms with Crippen LogP contribution in [0.2, 0.25) is 0 Å². The average Bonchev–Trinajstić information content (AvgIpc) is 2.95. The third-order valence-corrected chi connectivity index (χ3v) is 6.26. The minimum Gasteiger partial charge on any atom is -0.469 e. The SMILES string of the molecule is COC(=O)C12CCC(CCCC3(C)OCCO3)(CC1)CC2. The lowest BCUT2D eigenvalue weighted by Gasteiger charge is -2.52. The van der Waals surface area contributed by atoms with Crippen LogP contribution in [0.1, 0.15) is 64.7 Å². The zero-order valence-corrected chi connectivity index (χ0v) is 13.4. The van der Waals surface area contributed by atoms with Gasteiger partial charge in [-0.1, -0.05) is 0 Å². The standard InChI is InChI=1S/C17H28O4/c1-15(20-12-13-21-15)4-3-5-16-6-9-17(10-7-16,11-8-16)14(18)19-2/h3-13H2,1-2H3. The molecule has 1 saturated heterocycles. The highest BCUT2D eigenvalue weighted by Crippen LogP contribution is 2.59. The van der Waals surface area contributed by atoms with Gasteiger partial charge in [0.2, 0.25) is 0 Å². The third-order valence-electron chi connectivity index (χ3n) is 6.26. The summed E-state index contributed by atoms with van der Waals surface area (Å²) in [5.41, 5.74) is 0.310. The molecular weight excluding hydrogens is 268 g/mol. The predicted molar refractivity (Wildman–Crippen MR) is 78.7 cm³/mol. The van der Waals surface area contributed by atoms with Crippen molar-refractivity contribution >= 4 is 5.97 Å². The Balaban J connectivity index is 1.51. The van der Waals surface area contributed by atoms with Gasteiger partial charge in [0.15, 0.2) is 5.79 Å². The summed E-state index contributed by atoms with van der Waals surface area (Å²) in [7, 11) is 1.52. The summed E-state index contributed by atoms with van der Waals surface area (Å²) in [6, 6.07) is 0. The summed E-state index contributed by atoms with van der Waals surface area (Å²) < 4.78 is 16.4. The molecule has 1 heterocycles. The van der Waals surface area contributed by atoms with Crippen LogP contribution in [0.5, 0.6) is 0 Å². The van der Waals surface area contributed by atoms with Crippen LogP contribution in [0.25, 0.3) is 0 Å². The van der Waals surface area contributed by atoms with E-state index in [4.69, 9.17) is 14.2 Å². The molecule has 21 heavy (non-hydrogen) atoms. The molecule has 2 bridgehead atoms. The van der Waals surface area contributed by atoms with Crippen molar-refractivity contribution in [3.8, 4) is 0 Å². The first kappa shape index (κ1) is 15.3. The Labute approximate surface area is 127 Å². The maximum absolute atomic E-state index is 12.0. The molecule has 4 nitrogen and oxygen atoms in total. The van der Waals surface area contributed by atoms with Crippen molar-refractivity contribution in [1.82, 2.24) is 0 Å². The molecule has 0 aromatic heterocycles. The molecule has 0 atom stereocenters. The van der Waals surface area contributed by atoms with Gasteiger partial charge in [0.05, 0.1) is 25.7 Å². The van der Waals surface area contributed by atoms with Gasteiger partial charge in [0, 0.05) is 6.42 Å². The Morgan fingerprint density at radius 2 is 1.57 bits per heavy atom. The van der Waals surface area contributed by atoms with E-state index in [1.165, 1.54) is 32.8 Å². The molecule has 0 amide bonds. The largest absolute Gasteiger partial charge is 0.469 e. The zero-order chi connectivity index (χ0) is 15.0. The summed E-state index contributed by atoms with van der Waals surface area (Å²) in [6.45, 7) is 3.51. The van der Waals surface area contributed by atoms with Crippen LogP contribution >= 0.6 is 0 Å². The number of hydrogen-bond acceptors (Lipinski definition) is 4. The second-order valence-electron chi connectivity index (χ2n) is 7.46. The van der Waals surface area contributed by atoms with E-state index in [-0.39, 0.29) is 17.2 Å². The summed E-state index contributed by atoms with van der Waals surface area (Å²) in [5.74, 6) is -0.327. The average molecular weight is 296 g/mol. The molecule has 0 unspecified atom stereocenters. The summed E-state index contributed by atoms with van der Waals surface area (Å²) in [5, 5.41) is 0. The molecule has 0 N–H and O–H groups in total. The number of rotatable bonds is 5. The zero-order valence-electron chi connectivity index (χ0n) is 13.4. The van der Waals surface area contributed by atoms with Crippen molar-refractivity contribution in [1.29, 1.82) is 0 Å². The van der Waals surface area contributed by atoms with Crippen LogP contribution in [0.4, 0.5) is 0 Å². The Hall–Kier alpha value is -0.610. The second kappa shape index (κ2) is 5.54. The maximum atomic E-state index is 12.0. The van der Waals surface area contributed by atoms with Crippen LogP contribution in [0.15, 0.2) is 0 Å². The minimum atomic E-state index is -0.351. The number of esters is 1. The van der Waals surface area contributed by atoms with Crippen molar-refractivity contribution in [3.63, 3.8) is 0 Å². The van der Waals surface area contributed by atoms with Crippen LogP contribution in [0, 0.1) is 10.8 Å². The van der Waals surface area contributed by atoms with Crippen molar-refractivity contribution in [2.24, 2.45) is 10.8 Å². The summed E-state index contributed by atoms with van der Waals surface area (Å²) >= 11 is 0. The molecule has 0 radical (unpaired) electrons. The first-order valence-electron chi connectivity index (χ1n) is 8.38. The van der Waals surface area contributed by atoms with Crippen molar-refractivity contribution in [2.45, 2.75) is 70.5 Å². The van der Waals surface area contributed by atoms with E-state index in [0.29, 0.717) is 5.41 Å². The first-order valence-corrected chi connectivity index (χ1v) is 8.38. The first-order chi connectivity index (χ1) is 10.0.